The van der Waals surface area contributed by atoms with Crippen LogP contribution in [0.3, 0.4) is 0 Å². The van der Waals surface area contributed by atoms with Gasteiger partial charge < -0.3 is 4.74 Å². The number of para-hydroxylation sites is 1. The number of ether oxygens (including phenoxy) is 1. The number of carbonyl (C=O) groups excluding carboxylic acids is 1. The van der Waals surface area contributed by atoms with E-state index < -0.39 is 9.84 Å². The highest BCUT2D eigenvalue weighted by molar-refractivity contribution is 7.92. The number of ketones is 1. The van der Waals surface area contributed by atoms with Crippen LogP contribution in [0.5, 0.6) is 11.5 Å². The molecule has 0 amide bonds. The molecular weight excluding hydrogens is 396 g/mol. The van der Waals surface area contributed by atoms with Gasteiger partial charge in [-0.2, -0.15) is 0 Å². The van der Waals surface area contributed by atoms with Crippen molar-refractivity contribution < 1.29 is 17.9 Å². The summed E-state index contributed by atoms with van der Waals surface area (Å²) in [6.07, 6.45) is 4.34. The molecule has 30 heavy (non-hydrogen) atoms. The highest BCUT2D eigenvalue weighted by atomic mass is 32.2. The average molecular weight is 429 g/mol. The van der Waals surface area contributed by atoms with Crippen LogP contribution in [0.25, 0.3) is 0 Å². The Labute approximate surface area is 180 Å². The van der Waals surface area contributed by atoms with Crippen molar-refractivity contribution in [1.82, 2.24) is 0 Å². The summed E-state index contributed by atoms with van der Waals surface area (Å²) in [5, 5.41) is -0.273. The van der Waals surface area contributed by atoms with E-state index in [1.165, 1.54) is 0 Å². The smallest absolute Gasteiger partial charge is 0.153 e. The molecule has 0 radical (unpaired) electrons. The topological polar surface area (TPSA) is 60.4 Å². The fourth-order valence-electron chi connectivity index (χ4n) is 4.04. The number of hydrogen-bond donors (Lipinski definition) is 0. The quantitative estimate of drug-likeness (QED) is 0.521. The van der Waals surface area contributed by atoms with E-state index in [0.717, 1.165) is 42.7 Å². The number of benzene rings is 2. The monoisotopic (exact) mass is 428 g/mol. The molecule has 2 aromatic carbocycles. The number of rotatable bonds is 9. The molecule has 1 unspecified atom stereocenters. The summed E-state index contributed by atoms with van der Waals surface area (Å²) in [5.74, 6) is 2.31. The molecular formula is C25H32O4S. The molecule has 1 fully saturated rings. The van der Waals surface area contributed by atoms with Crippen LogP contribution >= 0.6 is 0 Å². The lowest BCUT2D eigenvalue weighted by molar-refractivity contribution is -0.123. The highest BCUT2D eigenvalue weighted by Gasteiger charge is 2.30. The highest BCUT2D eigenvalue weighted by Crippen LogP contribution is 2.32. The van der Waals surface area contributed by atoms with Crippen LogP contribution in [0.4, 0.5) is 0 Å². The van der Waals surface area contributed by atoms with Gasteiger partial charge in [0, 0.05) is 12.3 Å². The molecule has 0 bridgehead atoms. The van der Waals surface area contributed by atoms with Crippen molar-refractivity contribution in [3.63, 3.8) is 0 Å². The molecule has 0 N–H and O–H groups in total. The Morgan fingerprint density at radius 1 is 0.967 bits per heavy atom. The normalized spacial score (nSPS) is 20.5. The van der Waals surface area contributed by atoms with Crippen LogP contribution in [0.2, 0.25) is 0 Å². The largest absolute Gasteiger partial charge is 0.457 e. The van der Waals surface area contributed by atoms with Gasteiger partial charge in [-0.15, -0.1) is 0 Å². The van der Waals surface area contributed by atoms with E-state index in [-0.39, 0.29) is 28.6 Å². The molecule has 0 saturated heterocycles. The van der Waals surface area contributed by atoms with E-state index in [0.29, 0.717) is 12.8 Å². The lowest BCUT2D eigenvalue weighted by Crippen LogP contribution is -2.30. The Balaban J connectivity index is 1.48. The third-order valence-corrected chi connectivity index (χ3v) is 8.73. The Bertz CT molecular complexity index is 911. The maximum Gasteiger partial charge on any atom is 0.153 e. The van der Waals surface area contributed by atoms with E-state index in [9.17, 15) is 13.2 Å². The van der Waals surface area contributed by atoms with Crippen LogP contribution < -0.4 is 4.74 Å². The predicted molar refractivity (Wildman–Crippen MR) is 121 cm³/mol. The minimum atomic E-state index is -3.02. The average Bonchev–Trinajstić information content (AvgIpc) is 2.75. The lowest BCUT2D eigenvalue weighted by atomic mass is 9.79. The summed E-state index contributed by atoms with van der Waals surface area (Å²) in [5.41, 5.74) is 0.988. The second-order valence-electron chi connectivity index (χ2n) is 8.47. The zero-order valence-corrected chi connectivity index (χ0v) is 18.7. The van der Waals surface area contributed by atoms with Crippen molar-refractivity contribution in [1.29, 1.82) is 0 Å². The van der Waals surface area contributed by atoms with E-state index in [2.05, 4.69) is 0 Å². The molecule has 1 saturated carbocycles. The molecule has 3 rings (SSSR count). The Hall–Kier alpha value is -2.14. The first kappa shape index (κ1) is 22.5. The van der Waals surface area contributed by atoms with Crippen LogP contribution in [-0.4, -0.2) is 25.2 Å². The molecule has 0 aliphatic heterocycles. The molecule has 5 heteroatoms. The van der Waals surface area contributed by atoms with Gasteiger partial charge in [0.15, 0.2) is 9.84 Å². The summed E-state index contributed by atoms with van der Waals surface area (Å²) < 4.78 is 30.5. The number of hydrogen-bond acceptors (Lipinski definition) is 4. The van der Waals surface area contributed by atoms with E-state index >= 15 is 0 Å². The van der Waals surface area contributed by atoms with Crippen LogP contribution in [0, 0.1) is 11.8 Å². The zero-order chi connectivity index (χ0) is 21.6. The molecule has 2 aromatic rings. The molecule has 1 atom stereocenters. The Morgan fingerprint density at radius 3 is 2.17 bits per heavy atom. The van der Waals surface area contributed by atoms with E-state index in [1.807, 2.05) is 61.5 Å². The standard InChI is InChI=1S/C25H32O4S/c1-3-19(2)30(27,28)18-21-9-13-22(14-10-21)25(26)17-20-11-15-24(16-12-20)29-23-7-5-4-6-8-23/h4-8,11-12,15-16,19,21-22H,3,9-10,13-14,17-18H2,1-2H3. The summed E-state index contributed by atoms with van der Waals surface area (Å²) in [6.45, 7) is 3.71. The van der Waals surface area contributed by atoms with Crippen molar-refractivity contribution in [3.8, 4) is 11.5 Å². The van der Waals surface area contributed by atoms with Crippen LogP contribution in [0.15, 0.2) is 54.6 Å². The van der Waals surface area contributed by atoms with Gasteiger partial charge in [0.2, 0.25) is 0 Å². The molecule has 1 aliphatic rings. The molecule has 0 spiro atoms. The molecule has 1 aliphatic carbocycles. The fourth-order valence-corrected chi connectivity index (χ4v) is 5.87. The first-order valence-corrected chi connectivity index (χ1v) is 12.6. The summed E-state index contributed by atoms with van der Waals surface area (Å²) in [6, 6.07) is 17.3. The summed E-state index contributed by atoms with van der Waals surface area (Å²) in [7, 11) is -3.02. The molecule has 0 heterocycles. The molecule has 0 aromatic heterocycles. The SMILES string of the molecule is CCC(C)S(=O)(=O)CC1CCC(C(=O)Cc2ccc(Oc3ccccc3)cc2)CC1. The predicted octanol–water partition coefficient (Wildman–Crippen LogP) is 5.61. The zero-order valence-electron chi connectivity index (χ0n) is 17.9. The fraction of sp³-hybridized carbons (Fsp3) is 0.480. The Morgan fingerprint density at radius 2 is 1.57 bits per heavy atom. The maximum absolute atomic E-state index is 12.7. The molecule has 162 valence electrons. The van der Waals surface area contributed by atoms with Gasteiger partial charge in [-0.1, -0.05) is 37.3 Å². The second kappa shape index (κ2) is 10.3. The second-order valence-corrected chi connectivity index (χ2v) is 10.9. The third-order valence-electron chi connectivity index (χ3n) is 6.24. The van der Waals surface area contributed by atoms with Crippen molar-refractivity contribution >= 4 is 15.6 Å². The van der Waals surface area contributed by atoms with Gasteiger partial charge in [-0.25, -0.2) is 8.42 Å². The third kappa shape index (κ3) is 6.18. The summed E-state index contributed by atoms with van der Waals surface area (Å²) in [4.78, 5) is 12.7. The lowest BCUT2D eigenvalue weighted by Gasteiger charge is -2.28. The van der Waals surface area contributed by atoms with Gasteiger partial charge in [0.1, 0.15) is 17.3 Å². The van der Waals surface area contributed by atoms with Crippen LogP contribution in [0.1, 0.15) is 51.5 Å². The Kier molecular flexibility index (Phi) is 7.70. The minimum absolute atomic E-state index is 0.0489. The van der Waals surface area contributed by atoms with Crippen molar-refractivity contribution in [2.75, 3.05) is 5.75 Å². The van der Waals surface area contributed by atoms with Gasteiger partial charge in [-0.05, 0) is 74.8 Å². The minimum Gasteiger partial charge on any atom is -0.457 e. The van der Waals surface area contributed by atoms with E-state index in [4.69, 9.17) is 4.74 Å². The van der Waals surface area contributed by atoms with Crippen LogP contribution in [-0.2, 0) is 21.1 Å². The van der Waals surface area contributed by atoms with Crippen molar-refractivity contribution in [3.05, 3.63) is 60.2 Å². The number of sulfone groups is 1. The van der Waals surface area contributed by atoms with Gasteiger partial charge in [0.25, 0.3) is 0 Å². The van der Waals surface area contributed by atoms with E-state index in [1.54, 1.807) is 6.92 Å². The summed E-state index contributed by atoms with van der Waals surface area (Å²) >= 11 is 0. The molecule has 4 nitrogen and oxygen atoms in total. The van der Waals surface area contributed by atoms with Gasteiger partial charge >= 0.3 is 0 Å². The van der Waals surface area contributed by atoms with Gasteiger partial charge in [0.05, 0.1) is 11.0 Å². The number of carbonyl (C=O) groups is 1. The maximum atomic E-state index is 12.7. The first-order valence-electron chi connectivity index (χ1n) is 10.9. The van der Waals surface area contributed by atoms with Crippen molar-refractivity contribution in [2.24, 2.45) is 11.8 Å². The first-order chi connectivity index (χ1) is 14.4. The van der Waals surface area contributed by atoms with Gasteiger partial charge in [-0.3, -0.25) is 4.79 Å². The van der Waals surface area contributed by atoms with Crippen molar-refractivity contribution in [2.45, 2.75) is 57.6 Å². The number of Topliss-reactive ketones (excluding diaryl/α,β-unsaturated/α-hetero) is 1.